The van der Waals surface area contributed by atoms with Gasteiger partial charge in [0.05, 0.1) is 24.3 Å². The van der Waals surface area contributed by atoms with E-state index in [1.165, 1.54) is 4.80 Å². The molecule has 0 aliphatic rings. The highest BCUT2D eigenvalue weighted by Gasteiger charge is 2.12. The third-order valence-electron chi connectivity index (χ3n) is 2.95. The monoisotopic (exact) mass is 254 g/mol. The van der Waals surface area contributed by atoms with E-state index in [1.807, 2.05) is 36.4 Å². The molecule has 3 rings (SSSR count). The van der Waals surface area contributed by atoms with E-state index in [0.717, 1.165) is 16.6 Å². The largest absolute Gasteiger partial charge is 0.322 e. The normalized spacial score (nSPS) is 12.7. The number of aromatic nitrogens is 5. The SMILES string of the molecule is Cn1nnc(CC(N)c2ccc3ccccc3n2)n1. The van der Waals surface area contributed by atoms with Crippen LogP contribution >= 0.6 is 0 Å². The lowest BCUT2D eigenvalue weighted by atomic mass is 10.1. The molecule has 0 aliphatic carbocycles. The number of benzene rings is 1. The minimum Gasteiger partial charge on any atom is -0.322 e. The van der Waals surface area contributed by atoms with Gasteiger partial charge in [-0.1, -0.05) is 24.3 Å². The van der Waals surface area contributed by atoms with Crippen molar-refractivity contribution in [2.45, 2.75) is 12.5 Å². The maximum atomic E-state index is 6.15. The van der Waals surface area contributed by atoms with Crippen LogP contribution in [0.1, 0.15) is 17.6 Å². The second kappa shape index (κ2) is 4.74. The van der Waals surface area contributed by atoms with Crippen molar-refractivity contribution in [2.75, 3.05) is 0 Å². The molecule has 0 aliphatic heterocycles. The summed E-state index contributed by atoms with van der Waals surface area (Å²) < 4.78 is 0. The van der Waals surface area contributed by atoms with Gasteiger partial charge in [-0.2, -0.15) is 4.80 Å². The van der Waals surface area contributed by atoms with Gasteiger partial charge in [-0.3, -0.25) is 4.98 Å². The molecule has 1 unspecified atom stereocenters. The van der Waals surface area contributed by atoms with E-state index >= 15 is 0 Å². The predicted octanol–water partition coefficient (Wildman–Crippen LogP) is 1.00. The first-order valence-corrected chi connectivity index (χ1v) is 6.06. The van der Waals surface area contributed by atoms with E-state index in [9.17, 15) is 0 Å². The Morgan fingerprint density at radius 2 is 2.05 bits per heavy atom. The molecule has 2 N–H and O–H groups in total. The van der Waals surface area contributed by atoms with Crippen molar-refractivity contribution in [3.05, 3.63) is 47.9 Å². The van der Waals surface area contributed by atoms with E-state index in [2.05, 4.69) is 20.4 Å². The van der Waals surface area contributed by atoms with Crippen molar-refractivity contribution in [1.82, 2.24) is 25.2 Å². The van der Waals surface area contributed by atoms with Gasteiger partial charge in [-0.15, -0.1) is 10.2 Å². The molecule has 6 heteroatoms. The fraction of sp³-hybridized carbons (Fsp3) is 0.231. The number of nitrogens with two attached hydrogens (primary N) is 1. The number of aryl methyl sites for hydroxylation is 1. The first kappa shape index (κ1) is 11.7. The van der Waals surface area contributed by atoms with E-state index in [1.54, 1.807) is 7.05 Å². The Hall–Kier alpha value is -2.34. The summed E-state index contributed by atoms with van der Waals surface area (Å²) in [5, 5.41) is 13.0. The highest BCUT2D eigenvalue weighted by atomic mass is 15.6. The third kappa shape index (κ3) is 2.43. The van der Waals surface area contributed by atoms with Gasteiger partial charge in [0.25, 0.3) is 0 Å². The standard InChI is InChI=1S/C13H14N6/c1-19-17-13(16-18-19)8-10(14)12-7-6-9-4-2-3-5-11(9)15-12/h2-7,10H,8,14H2,1H3. The lowest BCUT2D eigenvalue weighted by Gasteiger charge is -2.09. The Morgan fingerprint density at radius 1 is 1.21 bits per heavy atom. The van der Waals surface area contributed by atoms with Crippen molar-refractivity contribution in [1.29, 1.82) is 0 Å². The Balaban J connectivity index is 1.86. The van der Waals surface area contributed by atoms with Crippen molar-refractivity contribution < 1.29 is 0 Å². The number of rotatable bonds is 3. The molecule has 0 fully saturated rings. The summed E-state index contributed by atoms with van der Waals surface area (Å²) in [6.07, 6.45) is 0.527. The summed E-state index contributed by atoms with van der Waals surface area (Å²) in [5.41, 5.74) is 7.93. The van der Waals surface area contributed by atoms with Crippen LogP contribution in [0.4, 0.5) is 0 Å². The predicted molar refractivity (Wildman–Crippen MR) is 71.2 cm³/mol. The molecule has 0 saturated carbocycles. The molecule has 0 spiro atoms. The molecule has 0 radical (unpaired) electrons. The molecule has 0 saturated heterocycles. The minimum atomic E-state index is -0.228. The molecule has 6 nitrogen and oxygen atoms in total. The van der Waals surface area contributed by atoms with Gasteiger partial charge in [0.15, 0.2) is 5.82 Å². The van der Waals surface area contributed by atoms with Crippen molar-refractivity contribution in [2.24, 2.45) is 12.8 Å². The second-order valence-corrected chi connectivity index (χ2v) is 4.43. The van der Waals surface area contributed by atoms with Crippen LogP contribution in [0.25, 0.3) is 10.9 Å². The third-order valence-corrected chi connectivity index (χ3v) is 2.95. The molecule has 1 atom stereocenters. The lowest BCUT2D eigenvalue weighted by molar-refractivity contribution is 0.621. The summed E-state index contributed by atoms with van der Waals surface area (Å²) in [6, 6.07) is 11.7. The zero-order valence-corrected chi connectivity index (χ0v) is 10.6. The molecular weight excluding hydrogens is 240 g/mol. The Kier molecular flexibility index (Phi) is 2.92. The van der Waals surface area contributed by atoms with E-state index < -0.39 is 0 Å². The number of hydrogen-bond donors (Lipinski definition) is 1. The number of tetrazole rings is 1. The van der Waals surface area contributed by atoms with Crippen molar-refractivity contribution >= 4 is 10.9 Å². The summed E-state index contributed by atoms with van der Waals surface area (Å²) in [4.78, 5) is 6.00. The first-order chi connectivity index (χ1) is 9.22. The second-order valence-electron chi connectivity index (χ2n) is 4.43. The maximum Gasteiger partial charge on any atom is 0.176 e. The number of pyridine rings is 1. The van der Waals surface area contributed by atoms with Crippen LogP contribution in [-0.2, 0) is 13.5 Å². The fourth-order valence-corrected chi connectivity index (χ4v) is 1.99. The molecular formula is C13H14N6. The molecule has 0 amide bonds. The van der Waals surface area contributed by atoms with Gasteiger partial charge < -0.3 is 5.73 Å². The average Bonchev–Trinajstić information content (AvgIpc) is 2.83. The Labute approximate surface area is 110 Å². The van der Waals surface area contributed by atoms with Crippen LogP contribution in [0.3, 0.4) is 0 Å². The Morgan fingerprint density at radius 3 is 2.84 bits per heavy atom. The van der Waals surface area contributed by atoms with Crippen LogP contribution in [-0.4, -0.2) is 25.2 Å². The summed E-state index contributed by atoms with van der Waals surface area (Å²) in [6.45, 7) is 0. The van der Waals surface area contributed by atoms with Gasteiger partial charge in [-0.05, 0) is 17.3 Å². The average molecular weight is 254 g/mol. The maximum absolute atomic E-state index is 6.15. The van der Waals surface area contributed by atoms with Crippen LogP contribution in [0, 0.1) is 0 Å². The van der Waals surface area contributed by atoms with Gasteiger partial charge >= 0.3 is 0 Å². The topological polar surface area (TPSA) is 82.5 Å². The highest BCUT2D eigenvalue weighted by molar-refractivity contribution is 5.78. The molecule has 0 bridgehead atoms. The minimum absolute atomic E-state index is 0.228. The number of nitrogens with zero attached hydrogens (tertiary/aromatic N) is 5. The van der Waals surface area contributed by atoms with E-state index in [-0.39, 0.29) is 6.04 Å². The smallest absolute Gasteiger partial charge is 0.176 e. The van der Waals surface area contributed by atoms with Crippen LogP contribution < -0.4 is 5.73 Å². The van der Waals surface area contributed by atoms with Gasteiger partial charge in [0.2, 0.25) is 0 Å². The summed E-state index contributed by atoms with van der Waals surface area (Å²) >= 11 is 0. The van der Waals surface area contributed by atoms with Gasteiger partial charge in [0, 0.05) is 11.8 Å². The number of hydrogen-bond acceptors (Lipinski definition) is 5. The summed E-state index contributed by atoms with van der Waals surface area (Å²) in [7, 11) is 1.73. The Bertz CT molecular complexity index is 705. The van der Waals surface area contributed by atoms with E-state index in [4.69, 9.17) is 5.73 Å². The molecule has 1 aromatic carbocycles. The van der Waals surface area contributed by atoms with Gasteiger partial charge in [0.1, 0.15) is 0 Å². The van der Waals surface area contributed by atoms with Gasteiger partial charge in [-0.25, -0.2) is 0 Å². The number of fused-ring (bicyclic) bond motifs is 1. The first-order valence-electron chi connectivity index (χ1n) is 6.06. The molecule has 96 valence electrons. The van der Waals surface area contributed by atoms with Crippen LogP contribution in [0.2, 0.25) is 0 Å². The molecule has 2 heterocycles. The molecule has 3 aromatic rings. The quantitative estimate of drug-likeness (QED) is 0.754. The van der Waals surface area contributed by atoms with Crippen LogP contribution in [0.5, 0.6) is 0 Å². The van der Waals surface area contributed by atoms with Crippen LogP contribution in [0.15, 0.2) is 36.4 Å². The summed E-state index contributed by atoms with van der Waals surface area (Å²) in [5.74, 6) is 0.630. The molecule has 2 aromatic heterocycles. The number of para-hydroxylation sites is 1. The van der Waals surface area contributed by atoms with E-state index in [0.29, 0.717) is 12.2 Å². The lowest BCUT2D eigenvalue weighted by Crippen LogP contribution is -2.16. The highest BCUT2D eigenvalue weighted by Crippen LogP contribution is 2.17. The van der Waals surface area contributed by atoms with Crippen molar-refractivity contribution in [3.63, 3.8) is 0 Å². The zero-order valence-electron chi connectivity index (χ0n) is 10.6. The zero-order chi connectivity index (χ0) is 13.2. The van der Waals surface area contributed by atoms with Crippen molar-refractivity contribution in [3.8, 4) is 0 Å². The fourth-order valence-electron chi connectivity index (χ4n) is 1.99. The molecule has 19 heavy (non-hydrogen) atoms.